The number of nitrogens with zero attached hydrogens (tertiary/aromatic N) is 5. The minimum absolute atomic E-state index is 0.104. The second-order valence-electron chi connectivity index (χ2n) is 6.53. The van der Waals surface area contributed by atoms with E-state index in [2.05, 4.69) is 25.5 Å². The van der Waals surface area contributed by atoms with Gasteiger partial charge in [0.25, 0.3) is 0 Å². The van der Waals surface area contributed by atoms with Crippen molar-refractivity contribution in [2.45, 2.75) is 12.1 Å². The number of benzene rings is 2. The van der Waals surface area contributed by atoms with Gasteiger partial charge in [0, 0.05) is 23.1 Å². The van der Waals surface area contributed by atoms with Crippen molar-refractivity contribution in [2.24, 2.45) is 0 Å². The molecule has 0 radical (unpaired) electrons. The second-order valence-corrected chi connectivity index (χ2v) is 8.31. The van der Waals surface area contributed by atoms with Crippen LogP contribution in [0.1, 0.15) is 5.56 Å². The van der Waals surface area contributed by atoms with E-state index in [1.807, 2.05) is 35.8 Å². The molecule has 0 aliphatic heterocycles. The molecule has 1 amide bonds. The fraction of sp³-hybridized carbons (Fsp3) is 0.0952. The summed E-state index contributed by atoms with van der Waals surface area (Å²) in [6.45, 7) is 2.01. The van der Waals surface area contributed by atoms with E-state index >= 15 is 0 Å². The fourth-order valence-electron chi connectivity index (χ4n) is 2.78. The molecule has 31 heavy (non-hydrogen) atoms. The lowest BCUT2D eigenvalue weighted by Gasteiger charge is -2.11. The Morgan fingerprint density at radius 3 is 2.65 bits per heavy atom. The lowest BCUT2D eigenvalue weighted by molar-refractivity contribution is -0.113. The number of carbonyl (C=O) groups excluding carboxylic acids is 1. The average molecular weight is 471 g/mol. The Morgan fingerprint density at radius 1 is 1.10 bits per heavy atom. The summed E-state index contributed by atoms with van der Waals surface area (Å²) >= 11 is 13.4. The van der Waals surface area contributed by atoms with Crippen LogP contribution in [0.2, 0.25) is 10.0 Å². The number of aromatic nitrogens is 5. The summed E-state index contributed by atoms with van der Waals surface area (Å²) in [6.07, 6.45) is 4.81. The van der Waals surface area contributed by atoms with Crippen molar-refractivity contribution in [3.63, 3.8) is 0 Å². The van der Waals surface area contributed by atoms with Gasteiger partial charge in [-0.25, -0.2) is 4.98 Å². The highest BCUT2D eigenvalue weighted by atomic mass is 35.5. The number of amides is 1. The fourth-order valence-corrected chi connectivity index (χ4v) is 3.87. The summed E-state index contributed by atoms with van der Waals surface area (Å²) in [7, 11) is 0. The molecule has 0 spiro atoms. The second kappa shape index (κ2) is 9.47. The molecule has 2 aromatic carbocycles. The molecule has 7 nitrogen and oxygen atoms in total. The van der Waals surface area contributed by atoms with E-state index in [1.54, 1.807) is 36.8 Å². The molecule has 10 heteroatoms. The molecule has 0 bridgehead atoms. The smallest absolute Gasteiger partial charge is 0.234 e. The van der Waals surface area contributed by atoms with Crippen LogP contribution in [-0.2, 0) is 4.79 Å². The molecule has 0 saturated carbocycles. The van der Waals surface area contributed by atoms with Crippen LogP contribution >= 0.6 is 35.0 Å². The van der Waals surface area contributed by atoms with Crippen LogP contribution in [0.5, 0.6) is 0 Å². The number of hydrogen-bond donors (Lipinski definition) is 1. The maximum Gasteiger partial charge on any atom is 0.234 e. The maximum absolute atomic E-state index is 12.5. The third kappa shape index (κ3) is 5.04. The first-order valence-corrected chi connectivity index (χ1v) is 10.9. The highest BCUT2D eigenvalue weighted by Crippen LogP contribution is 2.28. The van der Waals surface area contributed by atoms with Gasteiger partial charge in [-0.2, -0.15) is 0 Å². The maximum atomic E-state index is 12.5. The molecule has 0 fully saturated rings. The number of thioether (sulfide) groups is 1. The summed E-state index contributed by atoms with van der Waals surface area (Å²) in [5.41, 5.74) is 3.03. The topological polar surface area (TPSA) is 85.6 Å². The van der Waals surface area contributed by atoms with Crippen molar-refractivity contribution in [1.29, 1.82) is 0 Å². The molecule has 0 atom stereocenters. The van der Waals surface area contributed by atoms with Gasteiger partial charge in [0.15, 0.2) is 11.0 Å². The zero-order valence-corrected chi connectivity index (χ0v) is 18.6. The Kier molecular flexibility index (Phi) is 6.50. The average Bonchev–Trinajstić information content (AvgIpc) is 3.20. The first-order chi connectivity index (χ1) is 15.0. The molecule has 0 aliphatic rings. The summed E-state index contributed by atoms with van der Waals surface area (Å²) in [5.74, 6) is 0.402. The number of rotatable bonds is 6. The Balaban J connectivity index is 1.59. The molecule has 2 aromatic heterocycles. The van der Waals surface area contributed by atoms with Gasteiger partial charge in [0.2, 0.25) is 5.91 Å². The van der Waals surface area contributed by atoms with E-state index in [1.165, 1.54) is 11.8 Å². The summed E-state index contributed by atoms with van der Waals surface area (Å²) < 4.78 is 1.85. The normalized spacial score (nSPS) is 10.8. The molecule has 156 valence electrons. The van der Waals surface area contributed by atoms with E-state index < -0.39 is 0 Å². The predicted octanol–water partition coefficient (Wildman–Crippen LogP) is 5.07. The van der Waals surface area contributed by atoms with Gasteiger partial charge in [0.1, 0.15) is 5.69 Å². The van der Waals surface area contributed by atoms with Crippen LogP contribution in [0, 0.1) is 6.92 Å². The zero-order valence-electron chi connectivity index (χ0n) is 16.3. The molecular weight excluding hydrogens is 455 g/mol. The van der Waals surface area contributed by atoms with Gasteiger partial charge in [-0.3, -0.25) is 14.3 Å². The van der Waals surface area contributed by atoms with Gasteiger partial charge >= 0.3 is 0 Å². The lowest BCUT2D eigenvalue weighted by atomic mass is 10.2. The molecular formula is C21H16Cl2N6OS. The number of nitrogens with one attached hydrogen (secondary N) is 1. The monoisotopic (exact) mass is 470 g/mol. The number of carbonyl (C=O) groups is 1. The van der Waals surface area contributed by atoms with Crippen molar-refractivity contribution >= 4 is 46.6 Å². The van der Waals surface area contributed by atoms with Gasteiger partial charge in [-0.05, 0) is 37.3 Å². The van der Waals surface area contributed by atoms with Gasteiger partial charge in [0.05, 0.1) is 22.7 Å². The first kappa shape index (κ1) is 21.3. The zero-order chi connectivity index (χ0) is 21.8. The van der Waals surface area contributed by atoms with Crippen LogP contribution in [0.25, 0.3) is 17.2 Å². The standard InChI is InChI=1S/C21H16Cl2N6OS/c1-13-2-5-15(6-3-13)29-20(18-11-24-8-9-25-18)27-28-21(29)31-12-19(30)26-17-10-14(22)4-7-16(17)23/h2-11H,12H2,1H3,(H,26,30). The largest absolute Gasteiger partial charge is 0.324 e. The molecule has 2 heterocycles. The number of halogens is 2. The van der Waals surface area contributed by atoms with Gasteiger partial charge < -0.3 is 5.32 Å². The van der Waals surface area contributed by atoms with Crippen molar-refractivity contribution in [2.75, 3.05) is 11.1 Å². The highest BCUT2D eigenvalue weighted by Gasteiger charge is 2.18. The van der Waals surface area contributed by atoms with Crippen LogP contribution in [0.3, 0.4) is 0 Å². The Bertz CT molecular complexity index is 1210. The number of anilines is 1. The van der Waals surface area contributed by atoms with Crippen LogP contribution in [0.15, 0.2) is 66.2 Å². The lowest BCUT2D eigenvalue weighted by Crippen LogP contribution is -2.15. The van der Waals surface area contributed by atoms with E-state index in [4.69, 9.17) is 23.2 Å². The quantitative estimate of drug-likeness (QED) is 0.395. The van der Waals surface area contributed by atoms with E-state index in [0.29, 0.717) is 32.4 Å². The van der Waals surface area contributed by atoms with Crippen molar-refractivity contribution in [1.82, 2.24) is 24.7 Å². The first-order valence-electron chi connectivity index (χ1n) is 9.18. The molecule has 4 rings (SSSR count). The minimum atomic E-state index is -0.242. The third-order valence-corrected chi connectivity index (χ3v) is 5.75. The van der Waals surface area contributed by atoms with Gasteiger partial charge in [-0.1, -0.05) is 52.7 Å². The summed E-state index contributed by atoms with van der Waals surface area (Å²) in [6, 6.07) is 12.8. The van der Waals surface area contributed by atoms with Crippen molar-refractivity contribution in [3.05, 3.63) is 76.7 Å². The molecule has 0 aliphatic carbocycles. The number of aryl methyl sites for hydroxylation is 1. The van der Waals surface area contributed by atoms with E-state index in [-0.39, 0.29) is 11.7 Å². The van der Waals surface area contributed by atoms with Gasteiger partial charge in [-0.15, -0.1) is 10.2 Å². The van der Waals surface area contributed by atoms with Crippen LogP contribution in [-0.4, -0.2) is 36.4 Å². The summed E-state index contributed by atoms with van der Waals surface area (Å²) in [4.78, 5) is 21.0. The minimum Gasteiger partial charge on any atom is -0.324 e. The van der Waals surface area contributed by atoms with Crippen LogP contribution in [0.4, 0.5) is 5.69 Å². The SMILES string of the molecule is Cc1ccc(-n2c(SCC(=O)Nc3cc(Cl)ccc3Cl)nnc2-c2cnccn2)cc1. The van der Waals surface area contributed by atoms with Crippen molar-refractivity contribution < 1.29 is 4.79 Å². The Hall–Kier alpha value is -2.94. The third-order valence-electron chi connectivity index (χ3n) is 4.25. The Labute approximate surface area is 192 Å². The molecule has 1 N–H and O–H groups in total. The highest BCUT2D eigenvalue weighted by molar-refractivity contribution is 7.99. The predicted molar refractivity (Wildman–Crippen MR) is 123 cm³/mol. The Morgan fingerprint density at radius 2 is 1.90 bits per heavy atom. The molecule has 0 saturated heterocycles. The molecule has 0 unspecified atom stereocenters. The van der Waals surface area contributed by atoms with Crippen LogP contribution < -0.4 is 5.32 Å². The summed E-state index contributed by atoms with van der Waals surface area (Å²) in [5, 5.41) is 12.8. The number of hydrogen-bond acceptors (Lipinski definition) is 6. The van der Waals surface area contributed by atoms with Crippen molar-refractivity contribution in [3.8, 4) is 17.2 Å². The molecule has 4 aromatic rings. The van der Waals surface area contributed by atoms with E-state index in [9.17, 15) is 4.79 Å². The van der Waals surface area contributed by atoms with E-state index in [0.717, 1.165) is 11.3 Å².